The summed E-state index contributed by atoms with van der Waals surface area (Å²) in [5.74, 6) is 0.341. The van der Waals surface area contributed by atoms with Gasteiger partial charge in [0.05, 0.1) is 4.47 Å². The molecule has 0 amide bonds. The number of nitrogens with one attached hydrogen (secondary N) is 1. The van der Waals surface area contributed by atoms with Crippen LogP contribution in [0.15, 0.2) is 16.7 Å². The topological polar surface area (TPSA) is 51.2 Å². The van der Waals surface area contributed by atoms with Crippen molar-refractivity contribution >= 4 is 27.7 Å². The summed E-state index contributed by atoms with van der Waals surface area (Å²) in [6.45, 7) is 7.57. The molecule has 1 N–H and O–H groups in total. The maximum absolute atomic E-state index is 11.5. The van der Waals surface area contributed by atoms with Gasteiger partial charge in [-0.3, -0.25) is 4.79 Å². The molecule has 0 bridgehead atoms. The van der Waals surface area contributed by atoms with Crippen molar-refractivity contribution in [2.45, 2.75) is 33.3 Å². The highest BCUT2D eigenvalue weighted by molar-refractivity contribution is 9.10. The number of esters is 1. The van der Waals surface area contributed by atoms with Crippen LogP contribution in [0.3, 0.4) is 0 Å². The molecule has 0 aliphatic carbocycles. The lowest BCUT2D eigenvalue weighted by molar-refractivity contribution is -0.152. The number of hydrogen-bond acceptors (Lipinski definition) is 4. The predicted molar refractivity (Wildman–Crippen MR) is 71.0 cm³/mol. The van der Waals surface area contributed by atoms with Crippen LogP contribution in [0.4, 0.5) is 5.82 Å². The summed E-state index contributed by atoms with van der Waals surface area (Å²) in [7, 11) is 0. The number of pyridine rings is 1. The molecule has 0 saturated heterocycles. The van der Waals surface area contributed by atoms with Crippen LogP contribution in [0.2, 0.25) is 0 Å². The molecule has 1 heterocycles. The maximum atomic E-state index is 11.5. The fourth-order valence-corrected chi connectivity index (χ4v) is 1.80. The first-order chi connectivity index (χ1) is 7.78. The van der Waals surface area contributed by atoms with Crippen molar-refractivity contribution < 1.29 is 9.53 Å². The quantitative estimate of drug-likeness (QED) is 0.872. The van der Waals surface area contributed by atoms with Crippen molar-refractivity contribution in [1.29, 1.82) is 0 Å². The minimum atomic E-state index is -0.462. The highest BCUT2D eigenvalue weighted by Crippen LogP contribution is 2.20. The Labute approximate surface area is 110 Å². The largest absolute Gasteiger partial charge is 0.459 e. The zero-order valence-electron chi connectivity index (χ0n) is 10.5. The number of nitrogens with zero attached hydrogens (tertiary/aromatic N) is 1. The second kappa shape index (κ2) is 5.49. The Hall–Kier alpha value is -1.10. The Morgan fingerprint density at radius 2 is 2.18 bits per heavy atom. The molecule has 0 radical (unpaired) electrons. The number of carbonyl (C=O) groups is 1. The van der Waals surface area contributed by atoms with E-state index in [0.29, 0.717) is 5.82 Å². The van der Waals surface area contributed by atoms with E-state index in [9.17, 15) is 4.79 Å². The molecule has 1 aromatic rings. The van der Waals surface area contributed by atoms with Gasteiger partial charge in [0.2, 0.25) is 0 Å². The monoisotopic (exact) mass is 300 g/mol. The van der Waals surface area contributed by atoms with Crippen molar-refractivity contribution in [1.82, 2.24) is 4.98 Å². The molecule has 0 aliphatic rings. The Balaban J connectivity index is 2.53. The van der Waals surface area contributed by atoms with E-state index in [-0.39, 0.29) is 12.5 Å². The predicted octanol–water partition coefficient (Wildman–Crippen LogP) is 2.91. The second-order valence-electron chi connectivity index (χ2n) is 4.78. The molecular formula is C12H17BrN2O2. The van der Waals surface area contributed by atoms with E-state index >= 15 is 0 Å². The summed E-state index contributed by atoms with van der Waals surface area (Å²) in [5.41, 5.74) is 0.594. The Bertz CT molecular complexity index is 413. The van der Waals surface area contributed by atoms with Crippen LogP contribution in [0, 0.1) is 6.92 Å². The summed E-state index contributed by atoms with van der Waals surface area (Å²) < 4.78 is 6.01. The molecule has 0 aliphatic heterocycles. The van der Waals surface area contributed by atoms with Crippen LogP contribution in [0.25, 0.3) is 0 Å². The number of ether oxygens (including phenoxy) is 1. The molecule has 94 valence electrons. The van der Waals surface area contributed by atoms with Crippen molar-refractivity contribution in [3.8, 4) is 0 Å². The maximum Gasteiger partial charge on any atom is 0.325 e. The molecule has 17 heavy (non-hydrogen) atoms. The van der Waals surface area contributed by atoms with Crippen LogP contribution >= 0.6 is 15.9 Å². The van der Waals surface area contributed by atoms with Crippen LogP contribution in [0.5, 0.6) is 0 Å². The lowest BCUT2D eigenvalue weighted by Gasteiger charge is -2.19. The first-order valence-electron chi connectivity index (χ1n) is 5.36. The van der Waals surface area contributed by atoms with E-state index in [1.807, 2.05) is 33.8 Å². The minimum absolute atomic E-state index is 0.103. The highest BCUT2D eigenvalue weighted by atomic mass is 79.9. The van der Waals surface area contributed by atoms with Crippen molar-refractivity contribution in [3.63, 3.8) is 0 Å². The van der Waals surface area contributed by atoms with Gasteiger partial charge in [0.15, 0.2) is 0 Å². The lowest BCUT2D eigenvalue weighted by atomic mass is 10.2. The first-order valence-corrected chi connectivity index (χ1v) is 6.15. The standard InChI is InChI=1S/C12H17BrN2O2/c1-8-5-9(13)11(14-6-8)15-7-10(16)17-12(2,3)4/h5-6H,7H2,1-4H3,(H,14,15). The van der Waals surface area contributed by atoms with Gasteiger partial charge in [0.1, 0.15) is 18.0 Å². The van der Waals surface area contributed by atoms with Crippen molar-refractivity contribution in [3.05, 3.63) is 22.3 Å². The van der Waals surface area contributed by atoms with Gasteiger partial charge in [-0.1, -0.05) is 0 Å². The van der Waals surface area contributed by atoms with Gasteiger partial charge in [0, 0.05) is 6.20 Å². The number of halogens is 1. The molecule has 5 heteroatoms. The van der Waals surface area contributed by atoms with Crippen LogP contribution in [-0.2, 0) is 9.53 Å². The van der Waals surface area contributed by atoms with E-state index in [0.717, 1.165) is 10.0 Å². The lowest BCUT2D eigenvalue weighted by Crippen LogP contribution is -2.28. The third-order valence-electron chi connectivity index (χ3n) is 1.80. The molecule has 0 spiro atoms. The summed E-state index contributed by atoms with van der Waals surface area (Å²) in [4.78, 5) is 15.7. The van der Waals surface area contributed by atoms with Gasteiger partial charge >= 0.3 is 5.97 Å². The molecule has 0 fully saturated rings. The molecule has 0 atom stereocenters. The number of hydrogen-bond donors (Lipinski definition) is 1. The number of anilines is 1. The minimum Gasteiger partial charge on any atom is -0.459 e. The van der Waals surface area contributed by atoms with Gasteiger partial charge < -0.3 is 10.1 Å². The van der Waals surface area contributed by atoms with Crippen molar-refractivity contribution in [2.75, 3.05) is 11.9 Å². The number of aryl methyl sites for hydroxylation is 1. The normalized spacial score (nSPS) is 11.1. The SMILES string of the molecule is Cc1cnc(NCC(=O)OC(C)(C)C)c(Br)c1. The second-order valence-corrected chi connectivity index (χ2v) is 5.64. The summed E-state index contributed by atoms with van der Waals surface area (Å²) in [6.07, 6.45) is 1.74. The van der Waals surface area contributed by atoms with Crippen LogP contribution in [0.1, 0.15) is 26.3 Å². The molecule has 0 saturated carbocycles. The van der Waals surface area contributed by atoms with E-state index < -0.39 is 5.60 Å². The van der Waals surface area contributed by atoms with Gasteiger partial charge in [-0.15, -0.1) is 0 Å². The van der Waals surface area contributed by atoms with E-state index in [1.54, 1.807) is 6.20 Å². The third kappa shape index (κ3) is 5.17. The van der Waals surface area contributed by atoms with Gasteiger partial charge in [-0.05, 0) is 55.3 Å². The van der Waals surface area contributed by atoms with E-state index in [4.69, 9.17) is 4.74 Å². The molecule has 0 aromatic carbocycles. The Morgan fingerprint density at radius 1 is 1.53 bits per heavy atom. The summed E-state index contributed by atoms with van der Waals surface area (Å²) in [6, 6.07) is 1.93. The average molecular weight is 301 g/mol. The highest BCUT2D eigenvalue weighted by Gasteiger charge is 2.16. The number of rotatable bonds is 3. The molecule has 1 rings (SSSR count). The fourth-order valence-electron chi connectivity index (χ4n) is 1.20. The van der Waals surface area contributed by atoms with Crippen LogP contribution in [-0.4, -0.2) is 23.1 Å². The molecule has 1 aromatic heterocycles. The Morgan fingerprint density at radius 3 is 2.71 bits per heavy atom. The van der Waals surface area contributed by atoms with E-state index in [2.05, 4.69) is 26.2 Å². The molecular weight excluding hydrogens is 284 g/mol. The third-order valence-corrected chi connectivity index (χ3v) is 2.40. The fraction of sp³-hybridized carbons (Fsp3) is 0.500. The van der Waals surface area contributed by atoms with Gasteiger partial charge in [-0.25, -0.2) is 4.98 Å². The zero-order valence-corrected chi connectivity index (χ0v) is 12.1. The van der Waals surface area contributed by atoms with Gasteiger partial charge in [0.25, 0.3) is 0 Å². The van der Waals surface area contributed by atoms with Crippen molar-refractivity contribution in [2.24, 2.45) is 0 Å². The van der Waals surface area contributed by atoms with Crippen LogP contribution < -0.4 is 5.32 Å². The summed E-state index contributed by atoms with van der Waals surface area (Å²) in [5, 5.41) is 2.93. The Kier molecular flexibility index (Phi) is 4.51. The van der Waals surface area contributed by atoms with Gasteiger partial charge in [-0.2, -0.15) is 0 Å². The van der Waals surface area contributed by atoms with E-state index in [1.165, 1.54) is 0 Å². The average Bonchev–Trinajstić information content (AvgIpc) is 2.13. The number of carbonyl (C=O) groups excluding carboxylic acids is 1. The first kappa shape index (κ1) is 14.0. The summed E-state index contributed by atoms with van der Waals surface area (Å²) >= 11 is 3.38. The molecule has 0 unspecified atom stereocenters. The number of aromatic nitrogens is 1. The molecule has 4 nitrogen and oxygen atoms in total. The zero-order chi connectivity index (χ0) is 13.1. The smallest absolute Gasteiger partial charge is 0.325 e.